The molecular weight excluding hydrogens is 330 g/mol. The van der Waals surface area contributed by atoms with Gasteiger partial charge < -0.3 is 15.2 Å². The molecule has 2 N–H and O–H groups in total. The minimum Gasteiger partial charge on any atom is -0.480 e. The van der Waals surface area contributed by atoms with Crippen LogP contribution in [0.3, 0.4) is 0 Å². The Morgan fingerprint density at radius 1 is 1.04 bits per heavy atom. The molecule has 1 aliphatic carbocycles. The molecule has 0 bridgehead atoms. The van der Waals surface area contributed by atoms with Crippen LogP contribution in [0.1, 0.15) is 37.8 Å². The standard InChI is InChI=1S/C21H23NO4/c1-21(2,3)18(19(23)24)22-20(25)26-12-17-15-10-6-4-8-13(15)14-9-5-7-11-16(14)17/h4-11,17-18H,12H2,1-3H3,(H,22,25)(H,23,24)/t18-/m0/s1. The Kier molecular flexibility index (Phi) is 4.72. The number of carbonyl (C=O) groups excluding carboxylic acids is 1. The minimum absolute atomic E-state index is 0.0499. The smallest absolute Gasteiger partial charge is 0.407 e. The van der Waals surface area contributed by atoms with Gasteiger partial charge in [0.25, 0.3) is 0 Å². The van der Waals surface area contributed by atoms with Gasteiger partial charge in [-0.05, 0) is 27.7 Å². The lowest BCUT2D eigenvalue weighted by Gasteiger charge is -2.27. The van der Waals surface area contributed by atoms with Crippen LogP contribution in [0.4, 0.5) is 4.79 Å². The van der Waals surface area contributed by atoms with E-state index in [9.17, 15) is 14.7 Å². The second kappa shape index (κ2) is 6.83. The molecule has 0 aromatic heterocycles. The molecule has 0 aliphatic heterocycles. The van der Waals surface area contributed by atoms with E-state index >= 15 is 0 Å². The van der Waals surface area contributed by atoms with Crippen molar-refractivity contribution in [2.24, 2.45) is 5.41 Å². The number of aliphatic carboxylic acids is 1. The fourth-order valence-electron chi connectivity index (χ4n) is 3.41. The molecule has 0 saturated heterocycles. The lowest BCUT2D eigenvalue weighted by Crippen LogP contribution is -2.49. The van der Waals surface area contributed by atoms with Gasteiger partial charge in [0.2, 0.25) is 0 Å². The number of amides is 1. The summed E-state index contributed by atoms with van der Waals surface area (Å²) in [7, 11) is 0. The maximum Gasteiger partial charge on any atom is 0.407 e. The summed E-state index contributed by atoms with van der Waals surface area (Å²) in [5, 5.41) is 11.8. The predicted octanol–water partition coefficient (Wildman–Crippen LogP) is 4.02. The summed E-state index contributed by atoms with van der Waals surface area (Å²) in [4.78, 5) is 23.6. The number of nitrogens with one attached hydrogen (secondary N) is 1. The van der Waals surface area contributed by atoms with E-state index in [2.05, 4.69) is 17.4 Å². The molecule has 0 unspecified atom stereocenters. The van der Waals surface area contributed by atoms with Crippen LogP contribution in [0.2, 0.25) is 0 Å². The lowest BCUT2D eigenvalue weighted by atomic mass is 9.87. The van der Waals surface area contributed by atoms with Crippen LogP contribution in [0.15, 0.2) is 48.5 Å². The second-order valence-corrected chi connectivity index (χ2v) is 7.61. The molecule has 26 heavy (non-hydrogen) atoms. The number of alkyl carbamates (subject to hydrolysis) is 1. The summed E-state index contributed by atoms with van der Waals surface area (Å²) in [5.41, 5.74) is 3.92. The predicted molar refractivity (Wildman–Crippen MR) is 99.1 cm³/mol. The summed E-state index contributed by atoms with van der Waals surface area (Å²) >= 11 is 0. The minimum atomic E-state index is -1.08. The highest BCUT2D eigenvalue weighted by Crippen LogP contribution is 2.44. The van der Waals surface area contributed by atoms with Gasteiger partial charge in [0, 0.05) is 5.92 Å². The molecule has 2 aromatic rings. The third kappa shape index (κ3) is 3.43. The number of rotatable bonds is 4. The molecule has 0 radical (unpaired) electrons. The Balaban J connectivity index is 1.74. The molecule has 0 spiro atoms. The third-order valence-electron chi connectivity index (χ3n) is 4.72. The van der Waals surface area contributed by atoms with Crippen LogP contribution in [0.25, 0.3) is 11.1 Å². The molecule has 0 saturated carbocycles. The molecule has 1 amide bonds. The molecule has 5 heteroatoms. The monoisotopic (exact) mass is 353 g/mol. The van der Waals surface area contributed by atoms with Crippen LogP contribution in [0.5, 0.6) is 0 Å². The van der Waals surface area contributed by atoms with Crippen molar-refractivity contribution in [3.8, 4) is 11.1 Å². The first-order chi connectivity index (χ1) is 12.3. The van der Waals surface area contributed by atoms with Crippen molar-refractivity contribution in [1.29, 1.82) is 0 Å². The topological polar surface area (TPSA) is 75.6 Å². The van der Waals surface area contributed by atoms with Gasteiger partial charge in [-0.3, -0.25) is 0 Å². The molecule has 3 rings (SSSR count). The Bertz CT molecular complexity index is 792. The Labute approximate surface area is 153 Å². The molecule has 2 aromatic carbocycles. The van der Waals surface area contributed by atoms with Crippen molar-refractivity contribution in [3.63, 3.8) is 0 Å². The first-order valence-corrected chi connectivity index (χ1v) is 8.63. The van der Waals surface area contributed by atoms with Crippen molar-refractivity contribution in [2.75, 3.05) is 6.61 Å². The molecule has 1 aliphatic rings. The number of carboxylic acid groups (broad SMARTS) is 1. The van der Waals surface area contributed by atoms with E-state index in [1.54, 1.807) is 20.8 Å². The summed E-state index contributed by atoms with van der Waals surface area (Å²) in [6, 6.07) is 15.1. The summed E-state index contributed by atoms with van der Waals surface area (Å²) in [6.45, 7) is 5.44. The largest absolute Gasteiger partial charge is 0.480 e. The van der Waals surface area contributed by atoms with Crippen molar-refractivity contribution in [3.05, 3.63) is 59.7 Å². The molecular formula is C21H23NO4. The van der Waals surface area contributed by atoms with E-state index in [0.29, 0.717) is 0 Å². The number of benzene rings is 2. The average Bonchev–Trinajstić information content (AvgIpc) is 2.91. The van der Waals surface area contributed by atoms with Gasteiger partial charge in [-0.2, -0.15) is 0 Å². The average molecular weight is 353 g/mol. The van der Waals surface area contributed by atoms with E-state index in [-0.39, 0.29) is 12.5 Å². The van der Waals surface area contributed by atoms with Gasteiger partial charge in [0.05, 0.1) is 0 Å². The number of hydrogen-bond donors (Lipinski definition) is 2. The number of ether oxygens (including phenoxy) is 1. The SMILES string of the molecule is CC(C)(C)[C@@H](NC(=O)OCC1c2ccccc2-c2ccccc21)C(=O)O. The summed E-state index contributed by atoms with van der Waals surface area (Å²) < 4.78 is 5.40. The number of carbonyl (C=O) groups is 2. The van der Waals surface area contributed by atoms with E-state index in [0.717, 1.165) is 22.3 Å². The zero-order valence-corrected chi connectivity index (χ0v) is 15.2. The zero-order chi connectivity index (χ0) is 18.9. The van der Waals surface area contributed by atoms with Gasteiger partial charge in [-0.15, -0.1) is 0 Å². The van der Waals surface area contributed by atoms with Crippen LogP contribution in [0, 0.1) is 5.41 Å². The number of carboxylic acids is 1. The van der Waals surface area contributed by atoms with Gasteiger partial charge in [0.1, 0.15) is 12.6 Å². The Morgan fingerprint density at radius 3 is 2.00 bits per heavy atom. The highest BCUT2D eigenvalue weighted by atomic mass is 16.5. The summed E-state index contributed by atoms with van der Waals surface area (Å²) in [5.74, 6) is -1.13. The first kappa shape index (κ1) is 18.0. The zero-order valence-electron chi connectivity index (χ0n) is 15.2. The normalized spacial score (nSPS) is 14.3. The third-order valence-corrected chi connectivity index (χ3v) is 4.72. The maximum absolute atomic E-state index is 12.2. The Morgan fingerprint density at radius 2 is 1.54 bits per heavy atom. The van der Waals surface area contributed by atoms with Crippen molar-refractivity contribution < 1.29 is 19.4 Å². The van der Waals surface area contributed by atoms with Crippen LogP contribution in [-0.4, -0.2) is 29.8 Å². The van der Waals surface area contributed by atoms with Gasteiger partial charge >= 0.3 is 12.1 Å². The first-order valence-electron chi connectivity index (χ1n) is 8.63. The van der Waals surface area contributed by atoms with E-state index in [1.807, 2.05) is 36.4 Å². The summed E-state index contributed by atoms with van der Waals surface area (Å²) in [6.07, 6.45) is -0.714. The van der Waals surface area contributed by atoms with E-state index in [1.165, 1.54) is 0 Å². The van der Waals surface area contributed by atoms with Gasteiger partial charge in [0.15, 0.2) is 0 Å². The molecule has 136 valence electrons. The number of fused-ring (bicyclic) bond motifs is 3. The van der Waals surface area contributed by atoms with Crippen LogP contribution < -0.4 is 5.32 Å². The molecule has 0 heterocycles. The van der Waals surface area contributed by atoms with Crippen molar-refractivity contribution >= 4 is 12.1 Å². The fraction of sp³-hybridized carbons (Fsp3) is 0.333. The van der Waals surface area contributed by atoms with Gasteiger partial charge in [-0.25, -0.2) is 9.59 Å². The van der Waals surface area contributed by atoms with Gasteiger partial charge in [-0.1, -0.05) is 69.3 Å². The highest BCUT2D eigenvalue weighted by molar-refractivity contribution is 5.81. The van der Waals surface area contributed by atoms with Crippen LogP contribution >= 0.6 is 0 Å². The molecule has 5 nitrogen and oxygen atoms in total. The second-order valence-electron chi connectivity index (χ2n) is 7.61. The molecule has 1 atom stereocenters. The van der Waals surface area contributed by atoms with E-state index < -0.39 is 23.5 Å². The van der Waals surface area contributed by atoms with Crippen molar-refractivity contribution in [2.45, 2.75) is 32.7 Å². The highest BCUT2D eigenvalue weighted by Gasteiger charge is 2.34. The molecule has 0 fully saturated rings. The lowest BCUT2D eigenvalue weighted by molar-refractivity contribution is -0.142. The van der Waals surface area contributed by atoms with Crippen LogP contribution in [-0.2, 0) is 9.53 Å². The number of hydrogen-bond acceptors (Lipinski definition) is 3. The quantitative estimate of drug-likeness (QED) is 0.870. The maximum atomic E-state index is 12.2. The fourth-order valence-corrected chi connectivity index (χ4v) is 3.41. The Hall–Kier alpha value is -2.82. The van der Waals surface area contributed by atoms with Crippen molar-refractivity contribution in [1.82, 2.24) is 5.32 Å². The van der Waals surface area contributed by atoms with E-state index in [4.69, 9.17) is 4.74 Å².